The van der Waals surface area contributed by atoms with E-state index in [1.54, 1.807) is 11.8 Å². The van der Waals surface area contributed by atoms with Crippen molar-refractivity contribution in [2.75, 3.05) is 25.6 Å². The molecule has 10 nitrogen and oxygen atoms in total. The van der Waals surface area contributed by atoms with Crippen molar-refractivity contribution in [1.82, 2.24) is 25.5 Å². The average molecular weight is 490 g/mol. The minimum Gasteiger partial charge on any atom is -0.497 e. The third-order valence-corrected chi connectivity index (χ3v) is 5.93. The minimum atomic E-state index is -4.51. The maximum atomic E-state index is 12.9. The van der Waals surface area contributed by atoms with Gasteiger partial charge in [-0.25, -0.2) is 9.48 Å². The largest absolute Gasteiger partial charge is 0.497 e. The summed E-state index contributed by atoms with van der Waals surface area (Å²) in [6.45, 7) is 0.420. The quantitative estimate of drug-likeness (QED) is 0.566. The second-order valence-corrected chi connectivity index (χ2v) is 8.13. The van der Waals surface area contributed by atoms with Crippen LogP contribution in [0.15, 0.2) is 48.5 Å². The monoisotopic (exact) mass is 490 g/mol. The third-order valence-electron chi connectivity index (χ3n) is 5.93. The normalized spacial score (nSPS) is 23.7. The SMILES string of the molecule is COc1cccc(-c2nnnn2[C@@H]2CO[C@@H]3[C@@H]2OC[C@@H]3NC(=O)Nc2cccc(C(F)(F)F)c2)c1. The number of anilines is 1. The summed E-state index contributed by atoms with van der Waals surface area (Å²) in [5, 5.41) is 17.2. The second kappa shape index (κ2) is 9.15. The smallest absolute Gasteiger partial charge is 0.416 e. The maximum Gasteiger partial charge on any atom is 0.416 e. The molecule has 0 unspecified atom stereocenters. The van der Waals surface area contributed by atoms with Gasteiger partial charge in [-0.3, -0.25) is 0 Å². The fourth-order valence-corrected chi connectivity index (χ4v) is 4.29. The zero-order chi connectivity index (χ0) is 24.6. The van der Waals surface area contributed by atoms with Gasteiger partial charge in [-0.2, -0.15) is 13.2 Å². The molecule has 0 aliphatic carbocycles. The van der Waals surface area contributed by atoms with Gasteiger partial charge in [0.2, 0.25) is 0 Å². The van der Waals surface area contributed by atoms with Crippen LogP contribution in [0.3, 0.4) is 0 Å². The van der Waals surface area contributed by atoms with Crippen molar-refractivity contribution in [3.05, 3.63) is 54.1 Å². The Hall–Kier alpha value is -3.71. The van der Waals surface area contributed by atoms with Crippen LogP contribution in [0.25, 0.3) is 11.4 Å². The van der Waals surface area contributed by atoms with E-state index in [0.29, 0.717) is 11.6 Å². The number of carbonyl (C=O) groups excluding carboxylic acids is 1. The Labute approximate surface area is 197 Å². The molecule has 184 valence electrons. The zero-order valence-electron chi connectivity index (χ0n) is 18.4. The summed E-state index contributed by atoms with van der Waals surface area (Å²) in [7, 11) is 1.57. The van der Waals surface area contributed by atoms with Gasteiger partial charge in [0.15, 0.2) is 5.82 Å². The van der Waals surface area contributed by atoms with Gasteiger partial charge >= 0.3 is 12.2 Å². The van der Waals surface area contributed by atoms with E-state index in [-0.39, 0.29) is 24.9 Å². The lowest BCUT2D eigenvalue weighted by Crippen LogP contribution is -2.45. The first-order valence-corrected chi connectivity index (χ1v) is 10.7. The van der Waals surface area contributed by atoms with E-state index in [1.165, 1.54) is 12.1 Å². The van der Waals surface area contributed by atoms with Gasteiger partial charge in [-0.05, 0) is 40.8 Å². The molecule has 3 heterocycles. The summed E-state index contributed by atoms with van der Waals surface area (Å²) < 4.78 is 57.5. The molecule has 2 amide bonds. The highest BCUT2D eigenvalue weighted by Crippen LogP contribution is 2.36. The molecule has 2 saturated heterocycles. The number of nitrogens with one attached hydrogen (secondary N) is 2. The molecule has 5 rings (SSSR count). The fraction of sp³-hybridized carbons (Fsp3) is 0.364. The molecule has 2 N–H and O–H groups in total. The summed E-state index contributed by atoms with van der Waals surface area (Å²) in [6, 6.07) is 10.2. The average Bonchev–Trinajstić information content (AvgIpc) is 3.56. The molecular formula is C22H21F3N6O4. The van der Waals surface area contributed by atoms with Crippen molar-refractivity contribution in [3.8, 4) is 17.1 Å². The Kier molecular flexibility index (Phi) is 6.03. The lowest BCUT2D eigenvalue weighted by atomic mass is 10.1. The van der Waals surface area contributed by atoms with Gasteiger partial charge in [0.25, 0.3) is 0 Å². The Morgan fingerprint density at radius 2 is 1.91 bits per heavy atom. The predicted octanol–water partition coefficient (Wildman–Crippen LogP) is 2.90. The molecule has 0 radical (unpaired) electrons. The Morgan fingerprint density at radius 1 is 1.11 bits per heavy atom. The molecule has 2 fully saturated rings. The first-order valence-electron chi connectivity index (χ1n) is 10.7. The third kappa shape index (κ3) is 4.64. The van der Waals surface area contributed by atoms with Crippen LogP contribution in [0.4, 0.5) is 23.7 Å². The van der Waals surface area contributed by atoms with Crippen LogP contribution in [0, 0.1) is 0 Å². The summed E-state index contributed by atoms with van der Waals surface area (Å²) in [6.07, 6.45) is -5.41. The number of nitrogens with zero attached hydrogens (tertiary/aromatic N) is 4. The van der Waals surface area contributed by atoms with Gasteiger partial charge in [0.05, 0.1) is 31.9 Å². The number of amides is 2. The number of hydrogen-bond acceptors (Lipinski definition) is 7. The van der Waals surface area contributed by atoms with Gasteiger partial charge in [0, 0.05) is 11.3 Å². The molecule has 1 aromatic heterocycles. The van der Waals surface area contributed by atoms with Crippen molar-refractivity contribution >= 4 is 11.7 Å². The Morgan fingerprint density at radius 3 is 2.71 bits per heavy atom. The van der Waals surface area contributed by atoms with E-state index in [1.807, 2.05) is 24.3 Å². The number of aromatic nitrogens is 4. The fourth-order valence-electron chi connectivity index (χ4n) is 4.29. The highest BCUT2D eigenvalue weighted by Gasteiger charge is 2.50. The van der Waals surface area contributed by atoms with Crippen LogP contribution in [0.1, 0.15) is 11.6 Å². The molecule has 0 saturated carbocycles. The molecule has 0 bridgehead atoms. The Bertz CT molecular complexity index is 1220. The topological polar surface area (TPSA) is 112 Å². The number of alkyl halides is 3. The van der Waals surface area contributed by atoms with Crippen LogP contribution in [0.5, 0.6) is 5.75 Å². The molecule has 2 aromatic carbocycles. The maximum absolute atomic E-state index is 12.9. The van der Waals surface area contributed by atoms with Crippen molar-refractivity contribution in [3.63, 3.8) is 0 Å². The number of benzene rings is 2. The zero-order valence-corrected chi connectivity index (χ0v) is 18.4. The number of methoxy groups -OCH3 is 1. The molecule has 2 aliphatic heterocycles. The molecule has 35 heavy (non-hydrogen) atoms. The van der Waals surface area contributed by atoms with Crippen LogP contribution >= 0.6 is 0 Å². The minimum absolute atomic E-state index is 0.0228. The number of hydrogen-bond donors (Lipinski definition) is 2. The lowest BCUT2D eigenvalue weighted by Gasteiger charge is -2.18. The van der Waals surface area contributed by atoms with Crippen LogP contribution in [-0.2, 0) is 15.7 Å². The van der Waals surface area contributed by atoms with E-state index in [9.17, 15) is 18.0 Å². The first-order chi connectivity index (χ1) is 16.8. The Balaban J connectivity index is 1.26. The standard InChI is InChI=1S/C22H21F3N6O4/c1-33-15-7-2-4-12(8-15)20-28-29-30-31(20)17-11-35-18-16(10-34-19(17)18)27-21(32)26-14-6-3-5-13(9-14)22(23,24)25/h2-9,16-19H,10-11H2,1H3,(H2,26,27,32)/t16-,17+,18-,19+/m0/s1. The molecule has 4 atom stereocenters. The van der Waals surface area contributed by atoms with Crippen molar-refractivity contribution in [1.29, 1.82) is 0 Å². The number of tetrazole rings is 1. The number of fused-ring (bicyclic) bond motifs is 1. The summed E-state index contributed by atoms with van der Waals surface area (Å²) in [5.74, 6) is 1.17. The summed E-state index contributed by atoms with van der Waals surface area (Å²) >= 11 is 0. The van der Waals surface area contributed by atoms with E-state index in [4.69, 9.17) is 14.2 Å². The number of halogens is 3. The molecule has 0 spiro atoms. The highest BCUT2D eigenvalue weighted by molar-refractivity contribution is 5.89. The highest BCUT2D eigenvalue weighted by atomic mass is 19.4. The van der Waals surface area contributed by atoms with Crippen molar-refractivity contribution < 1.29 is 32.2 Å². The van der Waals surface area contributed by atoms with Crippen LogP contribution in [0.2, 0.25) is 0 Å². The van der Waals surface area contributed by atoms with Crippen LogP contribution < -0.4 is 15.4 Å². The van der Waals surface area contributed by atoms with E-state index >= 15 is 0 Å². The molecule has 3 aromatic rings. The van der Waals surface area contributed by atoms with E-state index < -0.39 is 36.0 Å². The molecule has 13 heteroatoms. The number of carbonyl (C=O) groups is 1. The lowest BCUT2D eigenvalue weighted by molar-refractivity contribution is -0.137. The van der Waals surface area contributed by atoms with Gasteiger partial charge in [-0.1, -0.05) is 18.2 Å². The van der Waals surface area contributed by atoms with Gasteiger partial charge < -0.3 is 24.8 Å². The number of rotatable bonds is 5. The summed E-state index contributed by atoms with van der Waals surface area (Å²) in [5.41, 5.74) is -0.0737. The molecule has 2 aliphatic rings. The second-order valence-electron chi connectivity index (χ2n) is 8.13. The van der Waals surface area contributed by atoms with Crippen molar-refractivity contribution in [2.24, 2.45) is 0 Å². The van der Waals surface area contributed by atoms with E-state index in [0.717, 1.165) is 17.7 Å². The first kappa shape index (κ1) is 23.1. The predicted molar refractivity (Wildman–Crippen MR) is 116 cm³/mol. The van der Waals surface area contributed by atoms with Gasteiger partial charge in [0.1, 0.15) is 24.0 Å². The summed E-state index contributed by atoms with van der Waals surface area (Å²) in [4.78, 5) is 12.5. The molecular weight excluding hydrogens is 469 g/mol. The van der Waals surface area contributed by atoms with Crippen LogP contribution in [-0.4, -0.2) is 64.8 Å². The van der Waals surface area contributed by atoms with Gasteiger partial charge in [-0.15, -0.1) is 5.10 Å². The number of ether oxygens (including phenoxy) is 3. The van der Waals surface area contributed by atoms with Crippen molar-refractivity contribution in [2.45, 2.75) is 30.5 Å². The van der Waals surface area contributed by atoms with E-state index in [2.05, 4.69) is 26.2 Å². The number of urea groups is 1.